The Morgan fingerprint density at radius 2 is 2.17 bits per heavy atom. The highest BCUT2D eigenvalue weighted by Gasteiger charge is 2.01. The quantitative estimate of drug-likeness (QED) is 0.786. The van der Waals surface area contributed by atoms with Crippen molar-refractivity contribution in [1.82, 2.24) is 9.97 Å². The van der Waals surface area contributed by atoms with E-state index in [1.54, 1.807) is 6.07 Å². The highest BCUT2D eigenvalue weighted by atomic mass is 16.1. The third kappa shape index (κ3) is 2.86. The van der Waals surface area contributed by atoms with E-state index < -0.39 is 0 Å². The number of fused-ring (bicyclic) bond motifs is 1. The lowest BCUT2D eigenvalue weighted by atomic mass is 10.2. The van der Waals surface area contributed by atoms with E-state index in [9.17, 15) is 4.79 Å². The Kier molecular flexibility index (Phi) is 3.92. The largest absolute Gasteiger partial charge is 0.356 e. The molecule has 1 aromatic carbocycles. The molecule has 0 radical (unpaired) electrons. The molecule has 5 heteroatoms. The zero-order chi connectivity index (χ0) is 12.8. The molecule has 0 bridgehead atoms. The molecule has 0 aliphatic rings. The van der Waals surface area contributed by atoms with E-state index in [0.717, 1.165) is 12.8 Å². The van der Waals surface area contributed by atoms with Crippen LogP contribution < -0.4 is 10.9 Å². The second-order valence-electron chi connectivity index (χ2n) is 3.97. The minimum atomic E-state index is -0.139. The molecular formula is C13H14N4O. The molecule has 0 fully saturated rings. The molecule has 0 spiro atoms. The van der Waals surface area contributed by atoms with Crippen molar-refractivity contribution in [3.63, 3.8) is 0 Å². The molecule has 0 aliphatic heterocycles. The Morgan fingerprint density at radius 1 is 1.33 bits per heavy atom. The fraction of sp³-hybridized carbons (Fsp3) is 0.308. The van der Waals surface area contributed by atoms with Gasteiger partial charge >= 0.3 is 0 Å². The number of unbranched alkanes of at least 4 members (excludes halogenated alkanes) is 2. The molecule has 18 heavy (non-hydrogen) atoms. The molecule has 2 rings (SSSR count). The summed E-state index contributed by atoms with van der Waals surface area (Å²) in [6.45, 7) is 0.697. The van der Waals surface area contributed by atoms with Crippen molar-refractivity contribution in [1.29, 1.82) is 5.26 Å². The van der Waals surface area contributed by atoms with Gasteiger partial charge < -0.3 is 5.32 Å². The monoisotopic (exact) mass is 242 g/mol. The summed E-state index contributed by atoms with van der Waals surface area (Å²) in [6, 6.07) is 9.32. The van der Waals surface area contributed by atoms with Gasteiger partial charge in [-0.3, -0.25) is 9.78 Å². The molecule has 92 valence electrons. The second-order valence-corrected chi connectivity index (χ2v) is 3.97. The highest BCUT2D eigenvalue weighted by Crippen LogP contribution is 2.07. The molecular weight excluding hydrogens is 228 g/mol. The Bertz CT molecular complexity index is 627. The van der Waals surface area contributed by atoms with Gasteiger partial charge in [0.2, 0.25) is 5.95 Å². The summed E-state index contributed by atoms with van der Waals surface area (Å²) < 4.78 is 0. The van der Waals surface area contributed by atoms with Crippen LogP contribution in [0.1, 0.15) is 19.3 Å². The van der Waals surface area contributed by atoms with Crippen LogP contribution in [0.2, 0.25) is 0 Å². The number of hydrogen-bond acceptors (Lipinski definition) is 4. The van der Waals surface area contributed by atoms with E-state index in [0.29, 0.717) is 29.8 Å². The molecule has 2 aromatic rings. The fourth-order valence-electron chi connectivity index (χ4n) is 1.71. The van der Waals surface area contributed by atoms with E-state index >= 15 is 0 Å². The zero-order valence-electron chi connectivity index (χ0n) is 9.94. The molecule has 2 N–H and O–H groups in total. The van der Waals surface area contributed by atoms with Gasteiger partial charge in [-0.15, -0.1) is 0 Å². The maximum Gasteiger partial charge on any atom is 0.260 e. The number of nitrogens with zero attached hydrogens (tertiary/aromatic N) is 2. The summed E-state index contributed by atoms with van der Waals surface area (Å²) in [5.74, 6) is 0.482. The van der Waals surface area contributed by atoms with Gasteiger partial charge in [-0.05, 0) is 25.0 Å². The first-order valence-electron chi connectivity index (χ1n) is 5.91. The van der Waals surface area contributed by atoms with Crippen molar-refractivity contribution in [2.24, 2.45) is 0 Å². The van der Waals surface area contributed by atoms with Crippen LogP contribution in [-0.4, -0.2) is 16.5 Å². The van der Waals surface area contributed by atoms with Crippen molar-refractivity contribution in [2.45, 2.75) is 19.3 Å². The summed E-state index contributed by atoms with van der Waals surface area (Å²) in [7, 11) is 0. The maximum atomic E-state index is 11.8. The number of aromatic nitrogens is 2. The number of aromatic amines is 1. The lowest BCUT2D eigenvalue weighted by Gasteiger charge is -2.05. The number of nitriles is 1. The Labute approximate surface area is 104 Å². The summed E-state index contributed by atoms with van der Waals surface area (Å²) in [5.41, 5.74) is 0.542. The van der Waals surface area contributed by atoms with E-state index in [4.69, 9.17) is 5.26 Å². The first kappa shape index (κ1) is 12.1. The van der Waals surface area contributed by atoms with Crippen molar-refractivity contribution in [2.75, 3.05) is 11.9 Å². The standard InChI is InChI=1S/C13H14N4O/c14-8-4-1-5-9-15-13-16-11-7-3-2-6-10(11)12(18)17-13/h2-3,6-7H,1,4-5,9H2,(H2,15,16,17,18). The van der Waals surface area contributed by atoms with Crippen LogP contribution in [0.15, 0.2) is 29.1 Å². The number of H-pyrrole nitrogens is 1. The van der Waals surface area contributed by atoms with E-state index in [-0.39, 0.29) is 5.56 Å². The van der Waals surface area contributed by atoms with Crippen LogP contribution in [-0.2, 0) is 0 Å². The van der Waals surface area contributed by atoms with Crippen molar-refractivity contribution in [3.8, 4) is 6.07 Å². The van der Waals surface area contributed by atoms with Crippen LogP contribution in [0.4, 0.5) is 5.95 Å². The summed E-state index contributed by atoms with van der Waals surface area (Å²) in [5, 5.41) is 12.1. The smallest absolute Gasteiger partial charge is 0.260 e. The lowest BCUT2D eigenvalue weighted by molar-refractivity contribution is 0.780. The Hall–Kier alpha value is -2.35. The van der Waals surface area contributed by atoms with Crippen LogP contribution >= 0.6 is 0 Å². The predicted octanol–water partition coefficient (Wildman–Crippen LogP) is 2.03. The SMILES string of the molecule is N#CCCCCNc1nc2ccccc2c(=O)[nH]1. The molecule has 0 amide bonds. The van der Waals surface area contributed by atoms with E-state index in [2.05, 4.69) is 21.4 Å². The number of nitrogens with one attached hydrogen (secondary N) is 2. The van der Waals surface area contributed by atoms with Crippen LogP contribution in [0.5, 0.6) is 0 Å². The van der Waals surface area contributed by atoms with Crippen molar-refractivity contribution < 1.29 is 0 Å². The summed E-state index contributed by atoms with van der Waals surface area (Å²) in [6.07, 6.45) is 2.29. The van der Waals surface area contributed by atoms with Crippen LogP contribution in [0, 0.1) is 11.3 Å². The molecule has 0 aliphatic carbocycles. The Balaban J connectivity index is 2.06. The minimum absolute atomic E-state index is 0.139. The van der Waals surface area contributed by atoms with Crippen molar-refractivity contribution >= 4 is 16.9 Å². The normalized spacial score (nSPS) is 10.2. The first-order valence-corrected chi connectivity index (χ1v) is 5.91. The van der Waals surface area contributed by atoms with Crippen LogP contribution in [0.3, 0.4) is 0 Å². The van der Waals surface area contributed by atoms with Crippen LogP contribution in [0.25, 0.3) is 10.9 Å². The predicted molar refractivity (Wildman–Crippen MR) is 70.3 cm³/mol. The average molecular weight is 242 g/mol. The molecule has 5 nitrogen and oxygen atoms in total. The van der Waals surface area contributed by atoms with Gasteiger partial charge in [0.25, 0.3) is 5.56 Å². The van der Waals surface area contributed by atoms with Gasteiger partial charge in [-0.2, -0.15) is 5.26 Å². The van der Waals surface area contributed by atoms with Gasteiger partial charge in [0.1, 0.15) is 0 Å². The topological polar surface area (TPSA) is 81.6 Å². The summed E-state index contributed by atoms with van der Waals surface area (Å²) in [4.78, 5) is 18.8. The molecule has 1 heterocycles. The number of hydrogen-bond donors (Lipinski definition) is 2. The average Bonchev–Trinajstić information content (AvgIpc) is 2.39. The molecule has 0 saturated heterocycles. The zero-order valence-corrected chi connectivity index (χ0v) is 9.94. The lowest BCUT2D eigenvalue weighted by Crippen LogP contribution is -2.13. The van der Waals surface area contributed by atoms with Gasteiger partial charge in [-0.25, -0.2) is 4.98 Å². The molecule has 0 unspecified atom stereocenters. The molecule has 1 aromatic heterocycles. The van der Waals surface area contributed by atoms with E-state index in [1.807, 2.05) is 18.2 Å². The number of para-hydroxylation sites is 1. The van der Waals surface area contributed by atoms with Gasteiger partial charge in [0.15, 0.2) is 0 Å². The highest BCUT2D eigenvalue weighted by molar-refractivity contribution is 5.78. The maximum absolute atomic E-state index is 11.8. The van der Waals surface area contributed by atoms with Gasteiger partial charge in [0, 0.05) is 13.0 Å². The molecule has 0 saturated carbocycles. The van der Waals surface area contributed by atoms with Gasteiger partial charge in [0.05, 0.1) is 17.0 Å². The molecule has 0 atom stereocenters. The van der Waals surface area contributed by atoms with Crippen molar-refractivity contribution in [3.05, 3.63) is 34.6 Å². The Morgan fingerprint density at radius 3 is 3.00 bits per heavy atom. The third-order valence-electron chi connectivity index (χ3n) is 2.62. The number of benzene rings is 1. The minimum Gasteiger partial charge on any atom is -0.356 e. The first-order chi connectivity index (χ1) is 8.81. The number of anilines is 1. The van der Waals surface area contributed by atoms with Gasteiger partial charge in [-0.1, -0.05) is 12.1 Å². The van der Waals surface area contributed by atoms with E-state index in [1.165, 1.54) is 0 Å². The fourth-order valence-corrected chi connectivity index (χ4v) is 1.71. The second kappa shape index (κ2) is 5.82. The third-order valence-corrected chi connectivity index (χ3v) is 2.62. The summed E-state index contributed by atoms with van der Waals surface area (Å²) >= 11 is 0. The number of rotatable bonds is 5.